The number of carboxylic acid groups (broad SMARTS) is 1. The predicted octanol–water partition coefficient (Wildman–Crippen LogP) is 2.40. The van der Waals surface area contributed by atoms with Gasteiger partial charge in [0.1, 0.15) is 0 Å². The lowest BCUT2D eigenvalue weighted by Crippen LogP contribution is -2.44. The van der Waals surface area contributed by atoms with Crippen molar-refractivity contribution in [3.8, 4) is 0 Å². The quantitative estimate of drug-likeness (QED) is 0.906. The lowest BCUT2D eigenvalue weighted by Gasteiger charge is -2.31. The molecule has 1 rings (SSSR count). The molecule has 0 aliphatic heterocycles. The van der Waals surface area contributed by atoms with Crippen molar-refractivity contribution in [1.29, 1.82) is 0 Å². The number of anilines is 1. The third-order valence-corrected chi connectivity index (χ3v) is 5.44. The minimum absolute atomic E-state index is 0.0714. The van der Waals surface area contributed by atoms with Crippen LogP contribution in [-0.4, -0.2) is 30.8 Å². The Hall–Kier alpha value is -1.56. The second-order valence-electron chi connectivity index (χ2n) is 5.67. The van der Waals surface area contributed by atoms with E-state index < -0.39 is 20.7 Å². The van der Waals surface area contributed by atoms with Gasteiger partial charge < -0.3 is 5.11 Å². The molecule has 1 aromatic carbocycles. The summed E-state index contributed by atoms with van der Waals surface area (Å²) in [6.07, 6.45) is -0.233. The third-order valence-electron chi connectivity index (χ3n) is 2.91. The van der Waals surface area contributed by atoms with E-state index in [-0.39, 0.29) is 13.0 Å². The van der Waals surface area contributed by atoms with Crippen LogP contribution in [0.2, 0.25) is 0 Å². The summed E-state index contributed by atoms with van der Waals surface area (Å²) < 4.78 is 25.4. The van der Waals surface area contributed by atoms with Gasteiger partial charge in [-0.15, -0.1) is 0 Å². The van der Waals surface area contributed by atoms with Gasteiger partial charge in [0.05, 0.1) is 16.9 Å². The minimum atomic E-state index is -3.63. The number of nitrogens with zero attached hydrogens (tertiary/aromatic N) is 1. The number of rotatable bonds is 5. The normalized spacial score (nSPS) is 12.2. The molecule has 1 aromatic rings. The van der Waals surface area contributed by atoms with Crippen LogP contribution in [0.5, 0.6) is 0 Å². The van der Waals surface area contributed by atoms with Crippen molar-refractivity contribution >= 4 is 21.7 Å². The van der Waals surface area contributed by atoms with Crippen molar-refractivity contribution in [3.05, 3.63) is 29.8 Å². The predicted molar refractivity (Wildman–Crippen MR) is 79.5 cm³/mol. The number of hydrogen-bond acceptors (Lipinski definition) is 3. The van der Waals surface area contributed by atoms with Crippen LogP contribution < -0.4 is 4.31 Å². The summed E-state index contributed by atoms with van der Waals surface area (Å²) in [6, 6.07) is 7.00. The van der Waals surface area contributed by atoms with Crippen LogP contribution >= 0.6 is 0 Å². The summed E-state index contributed by atoms with van der Waals surface area (Å²) in [5.74, 6) is -1.02. The number of carboxylic acids is 1. The molecular weight excluding hydrogens is 278 g/mol. The highest BCUT2D eigenvalue weighted by Crippen LogP contribution is 2.27. The average Bonchev–Trinajstić information content (AvgIpc) is 2.29. The summed E-state index contributed by atoms with van der Waals surface area (Å²) in [7, 11) is -3.63. The molecule has 0 amide bonds. The first kappa shape index (κ1) is 16.5. The summed E-state index contributed by atoms with van der Waals surface area (Å²) in [4.78, 5) is 10.7. The number of hydrogen-bond donors (Lipinski definition) is 1. The standard InChI is InChI=1S/C14H21NO4S/c1-11-5-7-12(8-6-11)15(10-9-13(16)17)20(18,19)14(2,3)4/h5-8H,9-10H2,1-4H3,(H,16,17). The number of benzene rings is 1. The van der Waals surface area contributed by atoms with E-state index in [9.17, 15) is 13.2 Å². The maximum atomic E-state index is 12.6. The van der Waals surface area contributed by atoms with Crippen molar-refractivity contribution in [1.82, 2.24) is 0 Å². The molecule has 0 heterocycles. The zero-order valence-corrected chi connectivity index (χ0v) is 13.1. The van der Waals surface area contributed by atoms with E-state index in [0.717, 1.165) is 5.56 Å². The molecule has 6 heteroatoms. The maximum Gasteiger partial charge on any atom is 0.305 e. The second-order valence-corrected chi connectivity index (χ2v) is 8.28. The Morgan fingerprint density at radius 3 is 2.10 bits per heavy atom. The molecule has 0 aliphatic carbocycles. The number of carbonyl (C=O) groups is 1. The number of sulfonamides is 1. The summed E-state index contributed by atoms with van der Waals surface area (Å²) in [5, 5.41) is 8.80. The lowest BCUT2D eigenvalue weighted by molar-refractivity contribution is -0.136. The second kappa shape index (κ2) is 5.83. The van der Waals surface area contributed by atoms with E-state index in [0.29, 0.717) is 5.69 Å². The Morgan fingerprint density at radius 2 is 1.70 bits per heavy atom. The highest BCUT2D eigenvalue weighted by molar-refractivity contribution is 7.94. The first-order valence-electron chi connectivity index (χ1n) is 6.36. The Labute approximate surface area is 120 Å². The van der Waals surface area contributed by atoms with Gasteiger partial charge in [-0.1, -0.05) is 17.7 Å². The first-order chi connectivity index (χ1) is 9.05. The molecule has 0 radical (unpaired) electrons. The highest BCUT2D eigenvalue weighted by atomic mass is 32.2. The van der Waals surface area contributed by atoms with Gasteiger partial charge >= 0.3 is 5.97 Å². The Balaban J connectivity index is 3.22. The average molecular weight is 299 g/mol. The summed E-state index contributed by atoms with van der Waals surface area (Å²) in [5.41, 5.74) is 1.51. The molecule has 0 fully saturated rings. The molecule has 0 spiro atoms. The van der Waals surface area contributed by atoms with E-state index in [1.807, 2.05) is 6.92 Å². The van der Waals surface area contributed by atoms with Crippen LogP contribution in [0.4, 0.5) is 5.69 Å². The van der Waals surface area contributed by atoms with E-state index in [1.54, 1.807) is 45.0 Å². The monoisotopic (exact) mass is 299 g/mol. The van der Waals surface area contributed by atoms with Gasteiger partial charge in [0.15, 0.2) is 0 Å². The van der Waals surface area contributed by atoms with Crippen LogP contribution in [0, 0.1) is 6.92 Å². The van der Waals surface area contributed by atoms with Crippen LogP contribution in [0.25, 0.3) is 0 Å². The molecule has 5 nitrogen and oxygen atoms in total. The molecule has 1 N–H and O–H groups in total. The Kier molecular flexibility index (Phi) is 4.81. The SMILES string of the molecule is Cc1ccc(N(CCC(=O)O)S(=O)(=O)C(C)(C)C)cc1. The zero-order valence-electron chi connectivity index (χ0n) is 12.3. The lowest BCUT2D eigenvalue weighted by atomic mass is 10.2. The fourth-order valence-corrected chi connectivity index (χ4v) is 3.02. The van der Waals surface area contributed by atoms with Gasteiger partial charge in [-0.3, -0.25) is 9.10 Å². The molecule has 0 bridgehead atoms. The van der Waals surface area contributed by atoms with Crippen molar-refractivity contribution in [2.75, 3.05) is 10.8 Å². The molecule has 0 atom stereocenters. The Bertz CT molecular complexity index is 570. The van der Waals surface area contributed by atoms with Crippen LogP contribution in [0.1, 0.15) is 32.8 Å². The maximum absolute atomic E-state index is 12.6. The molecule has 20 heavy (non-hydrogen) atoms. The molecule has 112 valence electrons. The molecule has 0 unspecified atom stereocenters. The van der Waals surface area contributed by atoms with Crippen molar-refractivity contribution < 1.29 is 18.3 Å². The molecule has 0 saturated heterocycles. The Morgan fingerprint density at radius 1 is 1.20 bits per heavy atom. The van der Waals surface area contributed by atoms with Gasteiger partial charge in [0.25, 0.3) is 0 Å². The molecular formula is C14H21NO4S. The highest BCUT2D eigenvalue weighted by Gasteiger charge is 2.35. The smallest absolute Gasteiger partial charge is 0.305 e. The number of aliphatic carboxylic acids is 1. The first-order valence-corrected chi connectivity index (χ1v) is 7.80. The minimum Gasteiger partial charge on any atom is -0.481 e. The topological polar surface area (TPSA) is 74.7 Å². The largest absolute Gasteiger partial charge is 0.481 e. The van der Waals surface area contributed by atoms with Crippen LogP contribution in [-0.2, 0) is 14.8 Å². The van der Waals surface area contributed by atoms with E-state index in [4.69, 9.17) is 5.11 Å². The van der Waals surface area contributed by atoms with E-state index in [2.05, 4.69) is 0 Å². The van der Waals surface area contributed by atoms with Gasteiger partial charge in [0, 0.05) is 6.54 Å². The van der Waals surface area contributed by atoms with E-state index >= 15 is 0 Å². The van der Waals surface area contributed by atoms with Crippen molar-refractivity contribution in [2.45, 2.75) is 38.9 Å². The number of aryl methyl sites for hydroxylation is 1. The van der Waals surface area contributed by atoms with Gasteiger partial charge in [-0.05, 0) is 39.8 Å². The molecule has 0 saturated carbocycles. The van der Waals surface area contributed by atoms with E-state index in [1.165, 1.54) is 4.31 Å². The summed E-state index contributed by atoms with van der Waals surface area (Å²) in [6.45, 7) is 6.64. The van der Waals surface area contributed by atoms with Gasteiger partial charge in [0.2, 0.25) is 10.0 Å². The fourth-order valence-electron chi connectivity index (χ4n) is 1.63. The van der Waals surface area contributed by atoms with Crippen molar-refractivity contribution in [2.24, 2.45) is 0 Å². The van der Waals surface area contributed by atoms with Gasteiger partial charge in [-0.2, -0.15) is 0 Å². The van der Waals surface area contributed by atoms with Gasteiger partial charge in [-0.25, -0.2) is 8.42 Å². The fraction of sp³-hybridized carbons (Fsp3) is 0.500. The zero-order chi connectivity index (χ0) is 15.6. The molecule has 0 aromatic heterocycles. The summed E-state index contributed by atoms with van der Waals surface area (Å²) >= 11 is 0. The van der Waals surface area contributed by atoms with Crippen LogP contribution in [0.15, 0.2) is 24.3 Å². The van der Waals surface area contributed by atoms with Crippen LogP contribution in [0.3, 0.4) is 0 Å². The van der Waals surface area contributed by atoms with Crippen molar-refractivity contribution in [3.63, 3.8) is 0 Å². The molecule has 0 aliphatic rings. The third kappa shape index (κ3) is 3.72.